The second-order valence-corrected chi connectivity index (χ2v) is 10.8. The fraction of sp³-hybridized carbons (Fsp3) is 0.607. The van der Waals surface area contributed by atoms with Crippen LogP contribution in [0.4, 0.5) is 24.7 Å². The molecule has 39 heavy (non-hydrogen) atoms. The maximum absolute atomic E-state index is 13.7. The number of aromatic nitrogens is 2. The number of nitrogens with zero attached hydrogens (tertiary/aromatic N) is 6. The number of hydrogen-bond donors (Lipinski definition) is 1. The van der Waals surface area contributed by atoms with Crippen molar-refractivity contribution in [1.29, 1.82) is 5.26 Å². The number of ether oxygens (including phenoxy) is 1. The average Bonchev–Trinajstić information content (AvgIpc) is 3.19. The number of anilines is 2. The smallest absolute Gasteiger partial charge is 0.416 e. The van der Waals surface area contributed by atoms with E-state index in [0.29, 0.717) is 50.4 Å². The minimum Gasteiger partial charge on any atom is -0.462 e. The highest BCUT2D eigenvalue weighted by Crippen LogP contribution is 2.38. The van der Waals surface area contributed by atoms with Gasteiger partial charge in [0.2, 0.25) is 0 Å². The Hall–Kier alpha value is -3.10. The molecule has 1 aromatic heterocycles. The molecule has 0 radical (unpaired) electrons. The maximum atomic E-state index is 13.7. The second-order valence-electron chi connectivity index (χ2n) is 10.8. The largest absolute Gasteiger partial charge is 0.462 e. The van der Waals surface area contributed by atoms with Crippen molar-refractivity contribution in [2.24, 2.45) is 0 Å². The lowest BCUT2D eigenvalue weighted by molar-refractivity contribution is -0.138. The summed E-state index contributed by atoms with van der Waals surface area (Å²) in [7, 11) is 2.09. The normalized spacial score (nSPS) is 22.4. The molecule has 1 N–H and O–H groups in total. The summed E-state index contributed by atoms with van der Waals surface area (Å²) in [4.78, 5) is 16.2. The van der Waals surface area contributed by atoms with Gasteiger partial charge in [0.1, 0.15) is 12.4 Å². The Kier molecular flexibility index (Phi) is 8.14. The molecule has 0 aliphatic carbocycles. The first-order valence-electron chi connectivity index (χ1n) is 13.7. The van der Waals surface area contributed by atoms with E-state index in [9.17, 15) is 18.4 Å². The van der Waals surface area contributed by atoms with Gasteiger partial charge in [-0.15, -0.1) is 0 Å². The van der Waals surface area contributed by atoms with Gasteiger partial charge in [0.25, 0.3) is 0 Å². The zero-order valence-corrected chi connectivity index (χ0v) is 22.6. The van der Waals surface area contributed by atoms with Gasteiger partial charge >= 0.3 is 12.2 Å². The molecule has 4 heterocycles. The van der Waals surface area contributed by atoms with Crippen molar-refractivity contribution in [3.05, 3.63) is 40.6 Å². The first-order chi connectivity index (χ1) is 18.7. The van der Waals surface area contributed by atoms with Crippen LogP contribution in [0.1, 0.15) is 48.1 Å². The summed E-state index contributed by atoms with van der Waals surface area (Å²) in [6.45, 7) is 6.19. The van der Waals surface area contributed by atoms with Crippen LogP contribution in [0.2, 0.25) is 0 Å². The van der Waals surface area contributed by atoms with E-state index >= 15 is 0 Å². The zero-order valence-electron chi connectivity index (χ0n) is 22.6. The fourth-order valence-corrected chi connectivity index (χ4v) is 6.02. The van der Waals surface area contributed by atoms with E-state index in [4.69, 9.17) is 14.7 Å². The third kappa shape index (κ3) is 6.07. The quantitative estimate of drug-likeness (QED) is 0.588. The third-order valence-corrected chi connectivity index (χ3v) is 8.17. The topological polar surface area (TPSA) is 80.6 Å². The lowest BCUT2D eigenvalue weighted by Gasteiger charge is -2.35. The number of halogens is 3. The van der Waals surface area contributed by atoms with Crippen LogP contribution in [0.5, 0.6) is 6.01 Å². The molecular formula is C28H36F3N7O. The molecule has 8 nitrogen and oxygen atoms in total. The van der Waals surface area contributed by atoms with Crippen LogP contribution in [-0.4, -0.2) is 73.3 Å². The van der Waals surface area contributed by atoms with Crippen molar-refractivity contribution >= 4 is 11.5 Å². The predicted octanol–water partition coefficient (Wildman–Crippen LogP) is 3.92. The van der Waals surface area contributed by atoms with Gasteiger partial charge in [0, 0.05) is 49.5 Å². The number of rotatable bonds is 6. The van der Waals surface area contributed by atoms with Crippen LogP contribution in [0, 0.1) is 18.3 Å². The monoisotopic (exact) mass is 543 g/mol. The fourth-order valence-electron chi connectivity index (χ4n) is 6.02. The molecule has 2 fully saturated rings. The van der Waals surface area contributed by atoms with Crippen molar-refractivity contribution in [3.63, 3.8) is 0 Å². The van der Waals surface area contributed by atoms with Crippen LogP contribution in [0.15, 0.2) is 18.2 Å². The van der Waals surface area contributed by atoms with Crippen LogP contribution in [0.3, 0.4) is 0 Å². The minimum absolute atomic E-state index is 0.0425. The number of fused-ring (bicyclic) bond motifs is 1. The molecule has 3 aliphatic heterocycles. The number of nitrogens with one attached hydrogen (secondary N) is 1. The third-order valence-electron chi connectivity index (χ3n) is 8.17. The molecule has 2 saturated heterocycles. The van der Waals surface area contributed by atoms with Gasteiger partial charge in [-0.05, 0) is 63.9 Å². The standard InChI is InChI=1S/C28H36F3N7O/c1-19-23(28(29,30)31)8-3-9-25(19)37-14-5-7-22-24(17-37)34-27(39-18-21-6-4-13-36(21)2)35-26(22)38-15-12-33-20(16-38)10-11-32/h3,8-9,20-21,33H,4-7,10,12-18H2,1-2H3/t20?,21-/m0/s1. The molecule has 2 aromatic rings. The van der Waals surface area contributed by atoms with Crippen molar-refractivity contribution in [2.45, 2.75) is 63.8 Å². The number of piperazine rings is 1. The number of alkyl halides is 3. The van der Waals surface area contributed by atoms with Gasteiger partial charge in [0.05, 0.1) is 30.3 Å². The van der Waals surface area contributed by atoms with Crippen molar-refractivity contribution < 1.29 is 17.9 Å². The molecule has 210 valence electrons. The highest BCUT2D eigenvalue weighted by molar-refractivity contribution is 5.59. The highest BCUT2D eigenvalue weighted by atomic mass is 19.4. The molecule has 0 saturated carbocycles. The van der Waals surface area contributed by atoms with E-state index in [1.165, 1.54) is 13.0 Å². The van der Waals surface area contributed by atoms with Gasteiger partial charge < -0.3 is 24.8 Å². The van der Waals surface area contributed by atoms with E-state index in [1.54, 1.807) is 6.07 Å². The zero-order chi connectivity index (χ0) is 27.6. The number of benzene rings is 1. The summed E-state index contributed by atoms with van der Waals surface area (Å²) in [5.41, 5.74) is 2.00. The molecule has 0 spiro atoms. The van der Waals surface area contributed by atoms with E-state index < -0.39 is 11.7 Å². The SMILES string of the molecule is Cc1c(N2CCCc3c(nc(OC[C@@H]4CCCN4C)nc3N3CCNC(CC#N)C3)C2)cccc1C(F)(F)F. The number of nitriles is 1. The lowest BCUT2D eigenvalue weighted by atomic mass is 10.1. The second kappa shape index (κ2) is 11.6. The van der Waals surface area contributed by atoms with Gasteiger partial charge in [-0.25, -0.2) is 0 Å². The first-order valence-corrected chi connectivity index (χ1v) is 13.7. The Balaban J connectivity index is 1.49. The van der Waals surface area contributed by atoms with Crippen LogP contribution in [0.25, 0.3) is 0 Å². The van der Waals surface area contributed by atoms with Gasteiger partial charge in [-0.1, -0.05) is 6.07 Å². The highest BCUT2D eigenvalue weighted by Gasteiger charge is 2.34. The van der Waals surface area contributed by atoms with E-state index in [1.807, 2.05) is 4.90 Å². The summed E-state index contributed by atoms with van der Waals surface area (Å²) in [6.07, 6.45) is -0.325. The molecular weight excluding hydrogens is 507 g/mol. The van der Waals surface area contributed by atoms with Gasteiger partial charge in [-0.3, -0.25) is 0 Å². The summed E-state index contributed by atoms with van der Waals surface area (Å²) in [6, 6.07) is 7.28. The van der Waals surface area contributed by atoms with E-state index in [-0.39, 0.29) is 11.6 Å². The van der Waals surface area contributed by atoms with Gasteiger partial charge in [-0.2, -0.15) is 28.4 Å². The van der Waals surface area contributed by atoms with Crippen molar-refractivity contribution in [1.82, 2.24) is 20.2 Å². The van der Waals surface area contributed by atoms with E-state index in [2.05, 4.69) is 28.2 Å². The van der Waals surface area contributed by atoms with Crippen LogP contribution in [-0.2, 0) is 19.1 Å². The lowest BCUT2D eigenvalue weighted by Crippen LogP contribution is -2.51. The number of hydrogen-bond acceptors (Lipinski definition) is 8. The first kappa shape index (κ1) is 27.5. The summed E-state index contributed by atoms with van der Waals surface area (Å²) >= 11 is 0. The minimum atomic E-state index is -4.41. The Morgan fingerprint density at radius 1 is 1.15 bits per heavy atom. The molecule has 11 heteroatoms. The molecule has 1 aromatic carbocycles. The molecule has 5 rings (SSSR count). The Bertz CT molecular complexity index is 1210. The number of likely N-dealkylation sites (tertiary alicyclic amines) is 1. The Morgan fingerprint density at radius 2 is 2.00 bits per heavy atom. The predicted molar refractivity (Wildman–Crippen MR) is 143 cm³/mol. The molecule has 3 aliphatic rings. The van der Waals surface area contributed by atoms with Crippen LogP contribution >= 0.6 is 0 Å². The van der Waals surface area contributed by atoms with Crippen molar-refractivity contribution in [3.8, 4) is 12.1 Å². The Morgan fingerprint density at radius 3 is 2.74 bits per heavy atom. The molecule has 0 amide bonds. The summed E-state index contributed by atoms with van der Waals surface area (Å²) in [5, 5.41) is 12.6. The summed E-state index contributed by atoms with van der Waals surface area (Å²) < 4.78 is 47.2. The van der Waals surface area contributed by atoms with E-state index in [0.717, 1.165) is 68.5 Å². The number of likely N-dealkylation sites (N-methyl/N-ethyl adjacent to an activating group) is 1. The Labute approximate surface area is 227 Å². The average molecular weight is 544 g/mol. The molecule has 1 unspecified atom stereocenters. The molecule has 0 bridgehead atoms. The molecule has 2 atom stereocenters. The summed E-state index contributed by atoms with van der Waals surface area (Å²) in [5.74, 6) is 0.821. The maximum Gasteiger partial charge on any atom is 0.416 e. The van der Waals surface area contributed by atoms with Gasteiger partial charge in [0.15, 0.2) is 0 Å². The van der Waals surface area contributed by atoms with Crippen molar-refractivity contribution in [2.75, 3.05) is 56.2 Å². The van der Waals surface area contributed by atoms with Crippen LogP contribution < -0.4 is 19.9 Å².